The zero-order valence-corrected chi connectivity index (χ0v) is 19.1. The van der Waals surface area contributed by atoms with E-state index in [4.69, 9.17) is 0 Å². The Hall–Kier alpha value is 0.790. The molecular formula is C15H16Br3IN2O. The van der Waals surface area contributed by atoms with Crippen LogP contribution >= 0.6 is 70.4 Å². The monoisotopic (exact) mass is 604 g/mol. The Labute approximate surface area is 169 Å². The molecule has 120 valence electrons. The number of nitrogens with one attached hydrogen (secondary N) is 1. The molecule has 7 heteroatoms. The van der Waals surface area contributed by atoms with Gasteiger partial charge in [0.1, 0.15) is 5.82 Å². The number of carbonyl (C=O) groups excluding carboxylic acids is 1. The number of amides is 1. The highest BCUT2D eigenvalue weighted by atomic mass is 127. The number of nitrogens with zero attached hydrogens (tertiary/aromatic N) is 1. The number of rotatable bonds is 3. The third kappa shape index (κ3) is 2.00. The zero-order valence-electron chi connectivity index (χ0n) is 12.2. The number of alkyl halides is 3. The highest BCUT2D eigenvalue weighted by Gasteiger charge is 2.83. The Morgan fingerprint density at radius 2 is 2.09 bits per heavy atom. The van der Waals surface area contributed by atoms with Crippen molar-refractivity contribution in [3.05, 3.63) is 21.9 Å². The fourth-order valence-electron chi connectivity index (χ4n) is 4.38. The number of fused-ring (bicyclic) bond motifs is 1. The van der Waals surface area contributed by atoms with Crippen LogP contribution in [0.3, 0.4) is 0 Å². The van der Waals surface area contributed by atoms with Gasteiger partial charge < -0.3 is 5.32 Å². The summed E-state index contributed by atoms with van der Waals surface area (Å²) in [6, 6.07) is 3.80. The van der Waals surface area contributed by atoms with Crippen LogP contribution in [-0.4, -0.2) is 19.5 Å². The molecule has 1 aromatic rings. The maximum Gasteiger partial charge on any atom is 0.233 e. The average molecular weight is 607 g/mol. The highest BCUT2D eigenvalue weighted by molar-refractivity contribution is 14.1. The first kappa shape index (κ1) is 17.6. The van der Waals surface area contributed by atoms with Gasteiger partial charge in [0.05, 0.1) is 9.15 Å². The van der Waals surface area contributed by atoms with Gasteiger partial charge in [-0.3, -0.25) is 4.79 Å². The van der Waals surface area contributed by atoms with Gasteiger partial charge in [0.2, 0.25) is 5.91 Å². The number of hydrogen-bond donors (Lipinski definition) is 1. The molecule has 1 N–H and O–H groups in total. The lowest BCUT2D eigenvalue weighted by atomic mass is 9.43. The molecule has 0 spiro atoms. The van der Waals surface area contributed by atoms with Gasteiger partial charge in [-0.2, -0.15) is 0 Å². The van der Waals surface area contributed by atoms with Crippen LogP contribution in [0.1, 0.15) is 26.7 Å². The zero-order chi connectivity index (χ0) is 16.3. The minimum absolute atomic E-state index is 0.0455. The van der Waals surface area contributed by atoms with E-state index in [1.54, 1.807) is 6.20 Å². The quantitative estimate of drug-likeness (QED) is 0.375. The van der Waals surface area contributed by atoms with Crippen molar-refractivity contribution in [1.29, 1.82) is 0 Å². The van der Waals surface area contributed by atoms with E-state index < -0.39 is 5.41 Å². The summed E-state index contributed by atoms with van der Waals surface area (Å²) < 4.78 is 1.24. The van der Waals surface area contributed by atoms with E-state index in [-0.39, 0.29) is 25.3 Å². The van der Waals surface area contributed by atoms with E-state index in [1.807, 2.05) is 12.1 Å². The van der Waals surface area contributed by atoms with Gasteiger partial charge in [-0.25, -0.2) is 4.98 Å². The second-order valence-corrected chi connectivity index (χ2v) is 11.8. The van der Waals surface area contributed by atoms with Crippen molar-refractivity contribution in [2.24, 2.45) is 16.2 Å². The number of carbonyl (C=O) groups is 1. The average Bonchev–Trinajstić information content (AvgIpc) is 2.91. The van der Waals surface area contributed by atoms with E-state index in [0.717, 1.165) is 16.4 Å². The van der Waals surface area contributed by atoms with Crippen LogP contribution in [0.4, 0.5) is 5.82 Å². The largest absolute Gasteiger partial charge is 0.310 e. The van der Waals surface area contributed by atoms with Crippen LogP contribution in [0.2, 0.25) is 0 Å². The summed E-state index contributed by atoms with van der Waals surface area (Å²) in [5.41, 5.74) is -0.444. The molecule has 2 bridgehead atoms. The van der Waals surface area contributed by atoms with Crippen LogP contribution in [0, 0.1) is 19.8 Å². The molecule has 0 radical (unpaired) electrons. The fraction of sp³-hybridized carbons (Fsp3) is 0.600. The van der Waals surface area contributed by atoms with Crippen LogP contribution in [0.25, 0.3) is 0 Å². The molecule has 1 heterocycles. The lowest BCUT2D eigenvalue weighted by Gasteiger charge is -2.66. The third-order valence-corrected chi connectivity index (χ3v) is 9.73. The number of anilines is 1. The lowest BCUT2D eigenvalue weighted by molar-refractivity contribution is -0.155. The second kappa shape index (κ2) is 5.66. The summed E-state index contributed by atoms with van der Waals surface area (Å²) in [5, 5.41) is 3.02. The Morgan fingerprint density at radius 1 is 1.41 bits per heavy atom. The van der Waals surface area contributed by atoms with Gasteiger partial charge in [0.25, 0.3) is 0 Å². The summed E-state index contributed by atoms with van der Waals surface area (Å²) >= 11 is 13.4. The maximum absolute atomic E-state index is 13.0. The van der Waals surface area contributed by atoms with E-state index in [1.165, 1.54) is 0 Å². The molecule has 22 heavy (non-hydrogen) atoms. The number of pyridine rings is 1. The smallest absolute Gasteiger partial charge is 0.233 e. The van der Waals surface area contributed by atoms with Crippen molar-refractivity contribution >= 4 is 82.1 Å². The molecule has 3 saturated carbocycles. The molecule has 3 aliphatic carbocycles. The van der Waals surface area contributed by atoms with Gasteiger partial charge in [-0.15, -0.1) is 0 Å². The fourth-order valence-corrected chi connectivity index (χ4v) is 9.61. The third-order valence-electron chi connectivity index (χ3n) is 5.86. The van der Waals surface area contributed by atoms with Gasteiger partial charge in [0, 0.05) is 20.0 Å². The van der Waals surface area contributed by atoms with Crippen molar-refractivity contribution in [2.45, 2.75) is 35.3 Å². The predicted octanol–water partition coefficient (Wildman–Crippen LogP) is 5.31. The van der Waals surface area contributed by atoms with Crippen LogP contribution in [0.15, 0.2) is 18.3 Å². The Morgan fingerprint density at radius 3 is 2.55 bits per heavy atom. The van der Waals surface area contributed by atoms with Crippen molar-refractivity contribution in [3.8, 4) is 0 Å². The van der Waals surface area contributed by atoms with Gasteiger partial charge in [-0.1, -0.05) is 61.6 Å². The molecule has 3 aliphatic rings. The lowest BCUT2D eigenvalue weighted by Crippen LogP contribution is -2.71. The molecule has 1 aromatic heterocycles. The number of aromatic nitrogens is 1. The first-order chi connectivity index (χ1) is 10.2. The van der Waals surface area contributed by atoms with Crippen molar-refractivity contribution in [2.75, 3.05) is 5.32 Å². The van der Waals surface area contributed by atoms with Gasteiger partial charge in [0.15, 0.2) is 0 Å². The van der Waals surface area contributed by atoms with E-state index in [0.29, 0.717) is 5.82 Å². The molecule has 3 atom stereocenters. The standard InChI is InChI=1S/C15H16Br3IN2O/c1-13(2)14(11(17)18)5-6-15(13,10(14)16)12(22)21-9-4-3-8(19)7-20-9/h3-4,7,10-11H,5-6H2,1-2H3,(H,20,21,22). The second-order valence-electron chi connectivity index (χ2n) is 6.62. The van der Waals surface area contributed by atoms with E-state index >= 15 is 0 Å². The molecule has 3 nitrogen and oxygen atoms in total. The van der Waals surface area contributed by atoms with Gasteiger partial charge in [-0.05, 0) is 53.0 Å². The van der Waals surface area contributed by atoms with E-state index in [9.17, 15) is 4.79 Å². The van der Waals surface area contributed by atoms with Crippen LogP contribution in [0.5, 0.6) is 0 Å². The van der Waals surface area contributed by atoms with Crippen molar-refractivity contribution in [1.82, 2.24) is 4.98 Å². The Balaban J connectivity index is 1.89. The minimum atomic E-state index is -0.391. The summed E-state index contributed by atoms with van der Waals surface area (Å²) in [7, 11) is 0. The predicted molar refractivity (Wildman–Crippen MR) is 108 cm³/mol. The molecular weight excluding hydrogens is 591 g/mol. The maximum atomic E-state index is 13.0. The molecule has 4 rings (SSSR count). The van der Waals surface area contributed by atoms with Gasteiger partial charge >= 0.3 is 0 Å². The molecule has 3 fully saturated rings. The summed E-state index contributed by atoms with van der Waals surface area (Å²) in [4.78, 5) is 17.5. The van der Waals surface area contributed by atoms with Crippen LogP contribution in [-0.2, 0) is 4.79 Å². The molecule has 0 aliphatic heterocycles. The topological polar surface area (TPSA) is 42.0 Å². The Kier molecular flexibility index (Phi) is 4.53. The molecule has 1 amide bonds. The van der Waals surface area contributed by atoms with E-state index in [2.05, 4.69) is 94.5 Å². The normalized spacial score (nSPS) is 35.3. The highest BCUT2D eigenvalue weighted by Crippen LogP contribution is 2.82. The van der Waals surface area contributed by atoms with Crippen molar-refractivity contribution < 1.29 is 4.79 Å². The summed E-state index contributed by atoms with van der Waals surface area (Å²) in [6.45, 7) is 4.41. The molecule has 0 saturated heterocycles. The number of hydrogen-bond acceptors (Lipinski definition) is 2. The Bertz CT molecular complexity index is 622. The minimum Gasteiger partial charge on any atom is -0.310 e. The van der Waals surface area contributed by atoms with Crippen molar-refractivity contribution in [3.63, 3.8) is 0 Å². The summed E-state index contributed by atoms with van der Waals surface area (Å²) in [5.74, 6) is 0.691. The summed E-state index contributed by atoms with van der Waals surface area (Å²) in [6.07, 6.45) is 3.67. The SMILES string of the molecule is CC1(C)C2(C(=O)Nc3ccc(I)cn3)CCC1(C(Br)Br)C2Br. The first-order valence-electron chi connectivity index (χ1n) is 7.05. The first-order valence-corrected chi connectivity index (χ1v) is 10.9. The van der Waals surface area contributed by atoms with Crippen LogP contribution < -0.4 is 5.32 Å². The molecule has 0 aromatic carbocycles. The number of halogens is 4. The molecule has 3 unspecified atom stereocenters.